The van der Waals surface area contributed by atoms with Crippen molar-refractivity contribution in [2.24, 2.45) is 11.8 Å². The first-order valence-electron chi connectivity index (χ1n) is 6.63. The van der Waals surface area contributed by atoms with Gasteiger partial charge in [-0.1, -0.05) is 20.8 Å². The van der Waals surface area contributed by atoms with Gasteiger partial charge in [0.15, 0.2) is 0 Å². The van der Waals surface area contributed by atoms with Crippen LogP contribution in [0.15, 0.2) is 0 Å². The minimum atomic E-state index is 0.669. The Labute approximate surface area is 105 Å². The Balaban J connectivity index is 2.04. The van der Waals surface area contributed by atoms with Gasteiger partial charge < -0.3 is 10.1 Å². The van der Waals surface area contributed by atoms with E-state index >= 15 is 0 Å². The minimum absolute atomic E-state index is 0.669. The molecule has 1 rings (SSSR count). The Bertz CT molecular complexity index is 169. The fourth-order valence-electron chi connectivity index (χ4n) is 2.15. The molecule has 3 heteroatoms. The van der Waals surface area contributed by atoms with E-state index in [9.17, 15) is 0 Å². The van der Waals surface area contributed by atoms with Gasteiger partial charge in [0.2, 0.25) is 0 Å². The summed E-state index contributed by atoms with van der Waals surface area (Å²) in [4.78, 5) is 0. The summed E-state index contributed by atoms with van der Waals surface area (Å²) in [6, 6.07) is 0.669. The maximum atomic E-state index is 5.45. The van der Waals surface area contributed by atoms with Gasteiger partial charge in [0.25, 0.3) is 0 Å². The second-order valence-electron chi connectivity index (χ2n) is 5.06. The van der Waals surface area contributed by atoms with E-state index in [0.29, 0.717) is 6.04 Å². The fourth-order valence-corrected chi connectivity index (χ4v) is 3.05. The zero-order chi connectivity index (χ0) is 11.8. The van der Waals surface area contributed by atoms with Crippen LogP contribution in [0.5, 0.6) is 0 Å². The molecule has 0 aromatic rings. The normalized spacial score (nSPS) is 22.9. The molecule has 1 aliphatic heterocycles. The molecule has 0 aromatic heterocycles. The maximum Gasteiger partial charge on any atom is 0.0509 e. The molecule has 1 aliphatic rings. The van der Waals surface area contributed by atoms with Crippen molar-refractivity contribution in [3.05, 3.63) is 0 Å². The average Bonchev–Trinajstić information content (AvgIpc) is 2.76. The standard InChI is InChI=1S/C13H27NOS/c1-4-13(12-5-7-15-9-12)14-6-8-16-10-11(2)3/h11-14H,4-10H2,1-3H3. The Morgan fingerprint density at radius 2 is 2.25 bits per heavy atom. The van der Waals surface area contributed by atoms with Crippen molar-refractivity contribution in [2.75, 3.05) is 31.3 Å². The highest BCUT2D eigenvalue weighted by atomic mass is 32.2. The molecule has 2 atom stereocenters. The maximum absolute atomic E-state index is 5.45. The van der Waals surface area contributed by atoms with Crippen molar-refractivity contribution >= 4 is 11.8 Å². The molecule has 0 bridgehead atoms. The molecule has 0 radical (unpaired) electrons. The van der Waals surface area contributed by atoms with Crippen LogP contribution in [0.25, 0.3) is 0 Å². The molecule has 0 aliphatic carbocycles. The van der Waals surface area contributed by atoms with Gasteiger partial charge in [-0.25, -0.2) is 0 Å². The summed E-state index contributed by atoms with van der Waals surface area (Å²) in [6.07, 6.45) is 2.47. The lowest BCUT2D eigenvalue weighted by molar-refractivity contribution is 0.176. The SMILES string of the molecule is CCC(NCCSCC(C)C)C1CCOC1. The number of hydrogen-bond acceptors (Lipinski definition) is 3. The van der Waals surface area contributed by atoms with Crippen LogP contribution >= 0.6 is 11.8 Å². The van der Waals surface area contributed by atoms with E-state index < -0.39 is 0 Å². The van der Waals surface area contributed by atoms with E-state index in [0.717, 1.165) is 31.6 Å². The monoisotopic (exact) mass is 245 g/mol. The van der Waals surface area contributed by atoms with Gasteiger partial charge in [0.05, 0.1) is 6.61 Å². The highest BCUT2D eigenvalue weighted by Gasteiger charge is 2.23. The second-order valence-corrected chi connectivity index (χ2v) is 6.21. The number of hydrogen-bond donors (Lipinski definition) is 1. The summed E-state index contributed by atoms with van der Waals surface area (Å²) >= 11 is 2.06. The van der Waals surface area contributed by atoms with Crippen LogP contribution in [0.2, 0.25) is 0 Å². The molecule has 1 saturated heterocycles. The number of thioether (sulfide) groups is 1. The molecule has 0 aromatic carbocycles. The van der Waals surface area contributed by atoms with Crippen LogP contribution < -0.4 is 5.32 Å². The van der Waals surface area contributed by atoms with E-state index in [1.165, 1.54) is 24.3 Å². The van der Waals surface area contributed by atoms with Gasteiger partial charge in [-0.05, 0) is 30.4 Å². The van der Waals surface area contributed by atoms with Gasteiger partial charge in [0, 0.05) is 24.9 Å². The summed E-state index contributed by atoms with van der Waals surface area (Å²) in [5.41, 5.74) is 0. The van der Waals surface area contributed by atoms with Crippen LogP contribution in [-0.2, 0) is 4.74 Å². The first-order chi connectivity index (χ1) is 7.74. The lowest BCUT2D eigenvalue weighted by atomic mass is 9.97. The van der Waals surface area contributed by atoms with E-state index in [2.05, 4.69) is 37.8 Å². The van der Waals surface area contributed by atoms with Gasteiger partial charge in [0.1, 0.15) is 0 Å². The average molecular weight is 245 g/mol. The molecule has 1 heterocycles. The Kier molecular flexibility index (Phi) is 7.50. The third kappa shape index (κ3) is 5.55. The molecule has 0 saturated carbocycles. The van der Waals surface area contributed by atoms with Crippen molar-refractivity contribution in [2.45, 2.75) is 39.7 Å². The highest BCUT2D eigenvalue weighted by Crippen LogP contribution is 2.18. The molecule has 1 fully saturated rings. The number of ether oxygens (including phenoxy) is 1. The minimum Gasteiger partial charge on any atom is -0.381 e. The second kappa shape index (κ2) is 8.37. The lowest BCUT2D eigenvalue weighted by Gasteiger charge is -2.22. The van der Waals surface area contributed by atoms with Crippen molar-refractivity contribution in [3.8, 4) is 0 Å². The number of rotatable bonds is 8. The molecular weight excluding hydrogens is 218 g/mol. The first-order valence-corrected chi connectivity index (χ1v) is 7.78. The van der Waals surface area contributed by atoms with Crippen molar-refractivity contribution in [3.63, 3.8) is 0 Å². The zero-order valence-corrected chi connectivity index (χ0v) is 11.8. The number of nitrogens with one attached hydrogen (secondary N) is 1. The molecule has 2 unspecified atom stereocenters. The third-order valence-corrected chi connectivity index (χ3v) is 4.47. The molecule has 1 N–H and O–H groups in total. The Morgan fingerprint density at radius 1 is 1.44 bits per heavy atom. The van der Waals surface area contributed by atoms with Crippen LogP contribution in [0.3, 0.4) is 0 Å². The quantitative estimate of drug-likeness (QED) is 0.664. The molecule has 0 spiro atoms. The fraction of sp³-hybridized carbons (Fsp3) is 1.00. The highest BCUT2D eigenvalue weighted by molar-refractivity contribution is 7.99. The van der Waals surface area contributed by atoms with E-state index in [-0.39, 0.29) is 0 Å². The molecule has 2 nitrogen and oxygen atoms in total. The molecule has 96 valence electrons. The summed E-state index contributed by atoms with van der Waals surface area (Å²) < 4.78 is 5.45. The molecule has 0 amide bonds. The van der Waals surface area contributed by atoms with Crippen molar-refractivity contribution in [1.82, 2.24) is 5.32 Å². The van der Waals surface area contributed by atoms with E-state index in [1.807, 2.05) is 0 Å². The smallest absolute Gasteiger partial charge is 0.0509 e. The lowest BCUT2D eigenvalue weighted by Crippen LogP contribution is -2.37. The van der Waals surface area contributed by atoms with Gasteiger partial charge in [-0.2, -0.15) is 11.8 Å². The summed E-state index contributed by atoms with van der Waals surface area (Å²) in [7, 11) is 0. The van der Waals surface area contributed by atoms with Crippen molar-refractivity contribution < 1.29 is 4.74 Å². The first kappa shape index (κ1) is 14.3. The summed E-state index contributed by atoms with van der Waals surface area (Å²) in [6.45, 7) is 9.91. The van der Waals surface area contributed by atoms with Gasteiger partial charge in [-0.15, -0.1) is 0 Å². The molecular formula is C13H27NOS. The Morgan fingerprint density at radius 3 is 2.81 bits per heavy atom. The van der Waals surface area contributed by atoms with E-state index in [1.54, 1.807) is 0 Å². The zero-order valence-electron chi connectivity index (χ0n) is 11.0. The van der Waals surface area contributed by atoms with Crippen LogP contribution in [0.1, 0.15) is 33.6 Å². The van der Waals surface area contributed by atoms with Crippen molar-refractivity contribution in [1.29, 1.82) is 0 Å². The predicted molar refractivity (Wildman–Crippen MR) is 73.2 cm³/mol. The molecule has 16 heavy (non-hydrogen) atoms. The topological polar surface area (TPSA) is 21.3 Å². The summed E-state index contributed by atoms with van der Waals surface area (Å²) in [5, 5.41) is 3.68. The Hall–Kier alpha value is 0.270. The largest absolute Gasteiger partial charge is 0.381 e. The van der Waals surface area contributed by atoms with Gasteiger partial charge >= 0.3 is 0 Å². The van der Waals surface area contributed by atoms with Crippen LogP contribution in [0.4, 0.5) is 0 Å². The van der Waals surface area contributed by atoms with Crippen LogP contribution in [0, 0.1) is 11.8 Å². The van der Waals surface area contributed by atoms with Crippen LogP contribution in [-0.4, -0.2) is 37.3 Å². The van der Waals surface area contributed by atoms with E-state index in [4.69, 9.17) is 4.74 Å². The van der Waals surface area contributed by atoms with Gasteiger partial charge in [-0.3, -0.25) is 0 Å². The predicted octanol–water partition coefficient (Wildman–Crippen LogP) is 2.78. The third-order valence-electron chi connectivity index (χ3n) is 3.08. The summed E-state index contributed by atoms with van der Waals surface area (Å²) in [5.74, 6) is 4.09.